The molecule has 0 aromatic carbocycles. The summed E-state index contributed by atoms with van der Waals surface area (Å²) in [6.45, 7) is 4.43. The van der Waals surface area contributed by atoms with Gasteiger partial charge in [0, 0.05) is 0 Å². The Bertz CT molecular complexity index is 990. The van der Waals surface area contributed by atoms with Crippen LogP contribution in [0.25, 0.3) is 0 Å². The van der Waals surface area contributed by atoms with Gasteiger partial charge in [-0.05, 0) is 64.2 Å². The maximum Gasteiger partial charge on any atom is 0.267 e. The molecule has 3 unspecified atom stereocenters. The van der Waals surface area contributed by atoms with Crippen LogP contribution in [0.3, 0.4) is 0 Å². The second-order valence-corrected chi connectivity index (χ2v) is 15.5. The van der Waals surface area contributed by atoms with Crippen molar-refractivity contribution in [1.82, 2.24) is 5.32 Å². The maximum atomic E-state index is 12.6. The maximum absolute atomic E-state index is 12.6. The second kappa shape index (κ2) is 35.7. The second-order valence-electron chi connectivity index (χ2n) is 14.0. The number of aliphatic hydroxyl groups is 2. The van der Waals surface area contributed by atoms with Crippen LogP contribution < -0.4 is 5.32 Å². The minimum absolute atomic E-state index is 0.263. The highest BCUT2D eigenvalue weighted by atomic mass is 32.2. The molecule has 0 aliphatic carbocycles. The zero-order valence-corrected chi connectivity index (χ0v) is 32.9. The van der Waals surface area contributed by atoms with Crippen molar-refractivity contribution in [1.29, 1.82) is 0 Å². The number of carbonyl (C=O) groups excluding carboxylic acids is 1. The summed E-state index contributed by atoms with van der Waals surface area (Å²) in [5.74, 6) is -1.57. The standard InChI is InChI=1S/C42H77NO6S/c1-3-5-7-9-11-13-15-16-17-18-19-20-21-22-23-24-25-27-29-31-33-35-37-41(45)42(46)43-39(38-50(47,48)49)40(44)36-34-32-30-28-26-14-12-10-8-6-4-2/h8,10,22-23,26,28,34,36,39-41,44-45H,3-7,9,11-21,24-25,27,29-33,35,37-38H2,1-2H3,(H,43,46)(H,47,48,49)/b10-8+,23-22-,28-26+,36-34+. The van der Waals surface area contributed by atoms with E-state index in [2.05, 4.69) is 55.6 Å². The summed E-state index contributed by atoms with van der Waals surface area (Å²) in [6.07, 6.45) is 44.7. The Morgan fingerprint density at radius 2 is 0.940 bits per heavy atom. The van der Waals surface area contributed by atoms with Gasteiger partial charge in [-0.15, -0.1) is 0 Å². The van der Waals surface area contributed by atoms with Gasteiger partial charge in [-0.2, -0.15) is 8.42 Å². The summed E-state index contributed by atoms with van der Waals surface area (Å²) in [4.78, 5) is 12.6. The van der Waals surface area contributed by atoms with Crippen molar-refractivity contribution in [3.63, 3.8) is 0 Å². The monoisotopic (exact) mass is 724 g/mol. The number of aliphatic hydroxyl groups excluding tert-OH is 2. The summed E-state index contributed by atoms with van der Waals surface area (Å²) >= 11 is 0. The van der Waals surface area contributed by atoms with Gasteiger partial charge in [-0.1, -0.05) is 172 Å². The molecule has 292 valence electrons. The first-order valence-electron chi connectivity index (χ1n) is 20.4. The molecule has 4 N–H and O–H groups in total. The number of unbranched alkanes of at least 4 members (excludes halogenated alkanes) is 21. The quantitative estimate of drug-likeness (QED) is 0.0290. The molecular formula is C42H77NO6S. The van der Waals surface area contributed by atoms with Crippen molar-refractivity contribution in [2.45, 2.75) is 205 Å². The Morgan fingerprint density at radius 3 is 1.40 bits per heavy atom. The van der Waals surface area contributed by atoms with E-state index in [1.807, 2.05) is 0 Å². The smallest absolute Gasteiger partial charge is 0.267 e. The molecule has 0 aliphatic rings. The summed E-state index contributed by atoms with van der Waals surface area (Å²) in [7, 11) is -4.45. The molecule has 0 spiro atoms. The highest BCUT2D eigenvalue weighted by Crippen LogP contribution is 2.14. The summed E-state index contributed by atoms with van der Waals surface area (Å²) in [5.41, 5.74) is 0. The van der Waals surface area contributed by atoms with Crippen molar-refractivity contribution in [2.75, 3.05) is 5.75 Å². The average molecular weight is 724 g/mol. The van der Waals surface area contributed by atoms with Crippen molar-refractivity contribution in [3.05, 3.63) is 48.6 Å². The Labute approximate surface area is 308 Å². The molecule has 0 heterocycles. The zero-order valence-electron chi connectivity index (χ0n) is 32.1. The predicted molar refractivity (Wildman–Crippen MR) is 213 cm³/mol. The minimum atomic E-state index is -4.45. The number of hydrogen-bond donors (Lipinski definition) is 4. The van der Waals surface area contributed by atoms with Gasteiger partial charge in [0.1, 0.15) is 6.10 Å². The van der Waals surface area contributed by atoms with Crippen LogP contribution in [0.5, 0.6) is 0 Å². The first kappa shape index (κ1) is 48.3. The Hall–Kier alpha value is -1.74. The lowest BCUT2D eigenvalue weighted by atomic mass is 10.0. The van der Waals surface area contributed by atoms with Gasteiger partial charge in [0.05, 0.1) is 17.9 Å². The molecule has 0 aliphatic heterocycles. The molecule has 0 fully saturated rings. The van der Waals surface area contributed by atoms with Gasteiger partial charge >= 0.3 is 0 Å². The van der Waals surface area contributed by atoms with Crippen LogP contribution in [-0.2, 0) is 14.9 Å². The number of allylic oxidation sites excluding steroid dienone is 7. The van der Waals surface area contributed by atoms with Crippen molar-refractivity contribution < 1.29 is 28.0 Å². The highest BCUT2D eigenvalue weighted by molar-refractivity contribution is 7.85. The summed E-state index contributed by atoms with van der Waals surface area (Å²) in [6, 6.07) is -1.26. The SMILES string of the molecule is CCC/C=C/CC/C=C/CC/C=C/C(O)C(CS(=O)(=O)O)NC(=O)C(O)CCCCCCCC/C=C\CCCCCCCCCCCCCC. The van der Waals surface area contributed by atoms with Crippen LogP contribution in [0, 0.1) is 0 Å². The fraction of sp³-hybridized carbons (Fsp3) is 0.786. The lowest BCUT2D eigenvalue weighted by molar-refractivity contribution is -0.130. The van der Waals surface area contributed by atoms with E-state index in [1.54, 1.807) is 6.08 Å². The van der Waals surface area contributed by atoms with Gasteiger partial charge in [-0.25, -0.2) is 0 Å². The molecule has 7 nitrogen and oxygen atoms in total. The van der Waals surface area contributed by atoms with E-state index in [9.17, 15) is 28.0 Å². The molecule has 3 atom stereocenters. The first-order chi connectivity index (χ1) is 24.2. The van der Waals surface area contributed by atoms with Gasteiger partial charge in [0.25, 0.3) is 10.1 Å². The molecule has 1 amide bonds. The number of rotatable bonds is 36. The van der Waals surface area contributed by atoms with E-state index in [4.69, 9.17) is 0 Å². The first-order valence-corrected chi connectivity index (χ1v) is 22.1. The number of amides is 1. The summed E-state index contributed by atoms with van der Waals surface area (Å²) < 4.78 is 32.4. The molecule has 0 saturated carbocycles. The normalized spacial score (nSPS) is 14.4. The highest BCUT2D eigenvalue weighted by Gasteiger charge is 2.27. The third-order valence-corrected chi connectivity index (χ3v) is 9.82. The molecule has 0 aromatic heterocycles. The van der Waals surface area contributed by atoms with Crippen LogP contribution in [0.1, 0.15) is 187 Å². The topological polar surface area (TPSA) is 124 Å². The summed E-state index contributed by atoms with van der Waals surface area (Å²) in [5, 5.41) is 23.3. The molecule has 0 saturated heterocycles. The van der Waals surface area contributed by atoms with Crippen molar-refractivity contribution >= 4 is 16.0 Å². The van der Waals surface area contributed by atoms with E-state index in [1.165, 1.54) is 102 Å². The third-order valence-electron chi connectivity index (χ3n) is 9.04. The van der Waals surface area contributed by atoms with E-state index in [-0.39, 0.29) is 6.42 Å². The molecule has 50 heavy (non-hydrogen) atoms. The van der Waals surface area contributed by atoms with Crippen molar-refractivity contribution in [3.8, 4) is 0 Å². The minimum Gasteiger partial charge on any atom is -0.387 e. The van der Waals surface area contributed by atoms with E-state index >= 15 is 0 Å². The molecule has 0 rings (SSSR count). The average Bonchev–Trinajstić information content (AvgIpc) is 3.08. The number of hydrogen-bond acceptors (Lipinski definition) is 5. The van der Waals surface area contributed by atoms with Gasteiger partial charge in [-0.3, -0.25) is 9.35 Å². The molecule has 0 aromatic rings. The fourth-order valence-electron chi connectivity index (χ4n) is 5.90. The van der Waals surface area contributed by atoms with Crippen LogP contribution in [0.15, 0.2) is 48.6 Å². The van der Waals surface area contributed by atoms with Crippen molar-refractivity contribution in [2.24, 2.45) is 0 Å². The predicted octanol–water partition coefficient (Wildman–Crippen LogP) is 10.9. The lowest BCUT2D eigenvalue weighted by Gasteiger charge is -2.22. The molecule has 8 heteroatoms. The third kappa shape index (κ3) is 34.7. The van der Waals surface area contributed by atoms with Gasteiger partial charge in [0.15, 0.2) is 0 Å². The molecular weight excluding hydrogens is 647 g/mol. The zero-order chi connectivity index (χ0) is 37.0. The van der Waals surface area contributed by atoms with Gasteiger partial charge in [0.2, 0.25) is 5.91 Å². The molecule has 0 radical (unpaired) electrons. The van der Waals surface area contributed by atoms with Crippen LogP contribution in [-0.4, -0.2) is 53.1 Å². The largest absolute Gasteiger partial charge is 0.387 e. The van der Waals surface area contributed by atoms with E-state index in [0.29, 0.717) is 12.8 Å². The lowest BCUT2D eigenvalue weighted by Crippen LogP contribution is -2.50. The molecule has 0 bridgehead atoms. The van der Waals surface area contributed by atoms with Crippen LogP contribution in [0.2, 0.25) is 0 Å². The Morgan fingerprint density at radius 1 is 0.540 bits per heavy atom. The number of nitrogens with one attached hydrogen (secondary N) is 1. The van der Waals surface area contributed by atoms with Crippen LogP contribution in [0.4, 0.5) is 0 Å². The van der Waals surface area contributed by atoms with E-state index in [0.717, 1.165) is 57.8 Å². The van der Waals surface area contributed by atoms with E-state index < -0.39 is 40.0 Å². The Balaban J connectivity index is 3.99. The van der Waals surface area contributed by atoms with Gasteiger partial charge < -0.3 is 15.5 Å². The fourth-order valence-corrected chi connectivity index (χ4v) is 6.64. The number of carbonyl (C=O) groups is 1. The Kier molecular flexibility index (Phi) is 34.4. The van der Waals surface area contributed by atoms with Crippen LogP contribution >= 0.6 is 0 Å².